The van der Waals surface area contributed by atoms with Gasteiger partial charge in [0.15, 0.2) is 0 Å². The fourth-order valence-electron chi connectivity index (χ4n) is 1.53. The van der Waals surface area contributed by atoms with Crippen molar-refractivity contribution in [2.45, 2.75) is 0 Å². The molecule has 0 aliphatic carbocycles. The molecule has 0 atom stereocenters. The molecule has 0 aromatic carbocycles. The van der Waals surface area contributed by atoms with E-state index in [1.807, 2.05) is 41.1 Å². The first-order valence-electron chi connectivity index (χ1n) is 4.11. The Bertz CT molecular complexity index is 527. The highest BCUT2D eigenvalue weighted by Gasteiger charge is 2.07. The van der Waals surface area contributed by atoms with E-state index < -0.39 is 0 Å². The molecular formula is C10H7N3. The summed E-state index contributed by atoms with van der Waals surface area (Å²) < 4.78 is 2.04. The van der Waals surface area contributed by atoms with Crippen LogP contribution in [0, 0.1) is 0 Å². The molecule has 3 rings (SSSR count). The van der Waals surface area contributed by atoms with Crippen LogP contribution in [0.25, 0.3) is 16.9 Å². The summed E-state index contributed by atoms with van der Waals surface area (Å²) in [6, 6.07) is 8.00. The lowest BCUT2D eigenvalue weighted by molar-refractivity contribution is 1.15. The lowest BCUT2D eigenvalue weighted by atomic mass is 10.2. The van der Waals surface area contributed by atoms with E-state index in [4.69, 9.17) is 0 Å². The zero-order valence-corrected chi connectivity index (χ0v) is 6.88. The number of pyridine rings is 2. The van der Waals surface area contributed by atoms with E-state index >= 15 is 0 Å². The molecule has 0 fully saturated rings. The van der Waals surface area contributed by atoms with Gasteiger partial charge in [0.1, 0.15) is 12.0 Å². The van der Waals surface area contributed by atoms with Crippen LogP contribution in [0.4, 0.5) is 0 Å². The Morgan fingerprint density at radius 2 is 2.00 bits per heavy atom. The first-order chi connectivity index (χ1) is 6.45. The minimum absolute atomic E-state index is 0.950. The summed E-state index contributed by atoms with van der Waals surface area (Å²) >= 11 is 0. The maximum Gasteiger partial charge on any atom is 0.117 e. The summed E-state index contributed by atoms with van der Waals surface area (Å²) in [6.45, 7) is 0. The highest BCUT2D eigenvalue weighted by atomic mass is 14.9. The van der Waals surface area contributed by atoms with Gasteiger partial charge >= 0.3 is 0 Å². The average Bonchev–Trinajstić information content (AvgIpc) is 2.65. The van der Waals surface area contributed by atoms with Gasteiger partial charge in [0.2, 0.25) is 0 Å². The van der Waals surface area contributed by atoms with Crippen LogP contribution < -0.4 is 0 Å². The van der Waals surface area contributed by atoms with E-state index in [1.165, 1.54) is 0 Å². The molecule has 3 heterocycles. The maximum atomic E-state index is 4.21. The minimum Gasteiger partial charge on any atom is -0.322 e. The highest BCUT2D eigenvalue weighted by Crippen LogP contribution is 2.21. The Kier molecular flexibility index (Phi) is 1.16. The van der Waals surface area contributed by atoms with Gasteiger partial charge in [-0.25, -0.2) is 9.97 Å². The number of fused-ring (bicyclic) bond motifs is 3. The van der Waals surface area contributed by atoms with E-state index in [0.717, 1.165) is 16.9 Å². The molecule has 62 valence electrons. The van der Waals surface area contributed by atoms with E-state index in [0.29, 0.717) is 0 Å². The molecule has 1 aromatic rings. The van der Waals surface area contributed by atoms with Crippen LogP contribution in [0.3, 0.4) is 0 Å². The van der Waals surface area contributed by atoms with E-state index in [2.05, 4.69) is 9.97 Å². The summed E-state index contributed by atoms with van der Waals surface area (Å²) in [5.74, 6) is 0. The Labute approximate surface area is 75.0 Å². The Morgan fingerprint density at radius 1 is 1.00 bits per heavy atom. The first-order valence-corrected chi connectivity index (χ1v) is 4.11. The molecule has 0 N–H and O–H groups in total. The summed E-state index contributed by atoms with van der Waals surface area (Å²) in [7, 11) is 0. The number of rotatable bonds is 0. The number of aromatic nitrogens is 3. The predicted octanol–water partition coefficient (Wildman–Crippen LogP) is 1.83. The Hall–Kier alpha value is -1.90. The third-order valence-electron chi connectivity index (χ3n) is 2.15. The monoisotopic (exact) mass is 169 g/mol. The second kappa shape index (κ2) is 2.29. The molecule has 0 saturated heterocycles. The highest BCUT2D eigenvalue weighted by molar-refractivity contribution is 5.75. The second-order valence-corrected chi connectivity index (χ2v) is 2.92. The third-order valence-corrected chi connectivity index (χ3v) is 2.15. The molecule has 0 bridgehead atoms. The molecule has 0 unspecified atom stereocenters. The lowest BCUT2D eigenvalue weighted by Crippen LogP contribution is -1.90. The van der Waals surface area contributed by atoms with Crippen LogP contribution in [0.2, 0.25) is 0 Å². The van der Waals surface area contributed by atoms with Gasteiger partial charge in [-0.3, -0.25) is 0 Å². The van der Waals surface area contributed by atoms with Crippen LogP contribution >= 0.6 is 0 Å². The Balaban J connectivity index is 2.57. The van der Waals surface area contributed by atoms with Crippen LogP contribution in [0.5, 0.6) is 0 Å². The van der Waals surface area contributed by atoms with Gasteiger partial charge in [0.05, 0.1) is 11.2 Å². The molecule has 2 aliphatic rings. The van der Waals surface area contributed by atoms with Gasteiger partial charge in [0.25, 0.3) is 0 Å². The van der Waals surface area contributed by atoms with Crippen LogP contribution in [0.1, 0.15) is 0 Å². The Morgan fingerprint density at radius 3 is 3.00 bits per heavy atom. The SMILES string of the molecule is c1ccn2ccc3ncnc-3c2c1. The van der Waals surface area contributed by atoms with E-state index in [1.54, 1.807) is 6.33 Å². The summed E-state index contributed by atoms with van der Waals surface area (Å²) in [6.07, 6.45) is 5.59. The van der Waals surface area contributed by atoms with Crippen LogP contribution in [0.15, 0.2) is 43.0 Å². The topological polar surface area (TPSA) is 30.2 Å². The molecular weight excluding hydrogens is 162 g/mol. The number of nitrogens with zero attached hydrogens (tertiary/aromatic N) is 3. The second-order valence-electron chi connectivity index (χ2n) is 2.92. The fourth-order valence-corrected chi connectivity index (χ4v) is 1.53. The van der Waals surface area contributed by atoms with Gasteiger partial charge in [-0.1, -0.05) is 6.07 Å². The van der Waals surface area contributed by atoms with Crippen molar-refractivity contribution >= 4 is 5.52 Å². The van der Waals surface area contributed by atoms with Crippen LogP contribution in [-0.2, 0) is 0 Å². The van der Waals surface area contributed by atoms with Crippen LogP contribution in [-0.4, -0.2) is 14.4 Å². The minimum atomic E-state index is 0.950. The number of hydrogen-bond donors (Lipinski definition) is 0. The van der Waals surface area contributed by atoms with Gasteiger partial charge in [-0.05, 0) is 18.2 Å². The zero-order chi connectivity index (χ0) is 8.67. The first kappa shape index (κ1) is 6.60. The van der Waals surface area contributed by atoms with Crippen molar-refractivity contribution in [2.24, 2.45) is 0 Å². The van der Waals surface area contributed by atoms with Crippen molar-refractivity contribution in [1.82, 2.24) is 14.4 Å². The zero-order valence-electron chi connectivity index (χ0n) is 6.88. The summed E-state index contributed by atoms with van der Waals surface area (Å²) in [5, 5.41) is 0. The predicted molar refractivity (Wildman–Crippen MR) is 49.6 cm³/mol. The van der Waals surface area contributed by atoms with Crippen molar-refractivity contribution in [3.8, 4) is 11.4 Å². The standard InChI is InChI=1S/C10H7N3/c1-2-5-13-6-4-8-10(9(13)3-1)12-7-11-8/h1-7H. The average molecular weight is 169 g/mol. The molecule has 0 spiro atoms. The molecule has 0 radical (unpaired) electrons. The lowest BCUT2D eigenvalue weighted by Gasteiger charge is -2.03. The molecule has 3 nitrogen and oxygen atoms in total. The number of hydrogen-bond acceptors (Lipinski definition) is 2. The van der Waals surface area contributed by atoms with Crippen molar-refractivity contribution in [3.05, 3.63) is 43.0 Å². The number of imidazole rings is 1. The third kappa shape index (κ3) is 0.839. The molecule has 3 heteroatoms. The quantitative estimate of drug-likeness (QED) is 0.514. The molecule has 2 aliphatic heterocycles. The van der Waals surface area contributed by atoms with E-state index in [-0.39, 0.29) is 0 Å². The molecule has 0 saturated carbocycles. The van der Waals surface area contributed by atoms with Gasteiger partial charge in [0, 0.05) is 12.4 Å². The molecule has 13 heavy (non-hydrogen) atoms. The van der Waals surface area contributed by atoms with Crippen molar-refractivity contribution in [2.75, 3.05) is 0 Å². The van der Waals surface area contributed by atoms with Crippen molar-refractivity contribution in [1.29, 1.82) is 0 Å². The molecule has 1 aromatic heterocycles. The molecule has 0 amide bonds. The normalized spacial score (nSPS) is 11.1. The smallest absolute Gasteiger partial charge is 0.117 e. The fraction of sp³-hybridized carbons (Fsp3) is 0. The van der Waals surface area contributed by atoms with Crippen molar-refractivity contribution in [3.63, 3.8) is 0 Å². The largest absolute Gasteiger partial charge is 0.322 e. The van der Waals surface area contributed by atoms with Gasteiger partial charge in [-0.15, -0.1) is 0 Å². The summed E-state index contributed by atoms with van der Waals surface area (Å²) in [5.41, 5.74) is 3.01. The van der Waals surface area contributed by atoms with Gasteiger partial charge < -0.3 is 4.40 Å². The van der Waals surface area contributed by atoms with Gasteiger partial charge in [-0.2, -0.15) is 0 Å². The maximum absolute atomic E-state index is 4.21. The summed E-state index contributed by atoms with van der Waals surface area (Å²) in [4.78, 5) is 8.36. The van der Waals surface area contributed by atoms with E-state index in [9.17, 15) is 0 Å². The van der Waals surface area contributed by atoms with Crippen molar-refractivity contribution < 1.29 is 0 Å².